The molecule has 1 aromatic rings. The number of carbonyl (C=O) groups is 2. The van der Waals surface area contributed by atoms with Gasteiger partial charge in [0.25, 0.3) is 0 Å². The van der Waals surface area contributed by atoms with Gasteiger partial charge in [-0.15, -0.1) is 0 Å². The third-order valence-electron chi connectivity index (χ3n) is 3.86. The second-order valence-corrected chi connectivity index (χ2v) is 7.74. The van der Waals surface area contributed by atoms with Gasteiger partial charge in [-0.2, -0.15) is 0 Å². The number of carboxylic acids is 1. The number of piperidine rings is 1. The second-order valence-electron chi connectivity index (χ2n) is 6.82. The topological polar surface area (TPSA) is 66.8 Å². The number of ether oxygens (including phenoxy) is 1. The Kier molecular flexibility index (Phi) is 5.34. The Morgan fingerprint density at radius 3 is 2.61 bits per heavy atom. The van der Waals surface area contributed by atoms with Crippen LogP contribution in [0.5, 0.6) is 0 Å². The van der Waals surface area contributed by atoms with Crippen molar-refractivity contribution in [3.05, 3.63) is 34.3 Å². The smallest absolute Gasteiger partial charge is 0.410 e. The Bertz CT molecular complexity index is 597. The molecule has 1 amide bonds. The lowest BCUT2D eigenvalue weighted by Crippen LogP contribution is -2.47. The zero-order valence-corrected chi connectivity index (χ0v) is 15.2. The second kappa shape index (κ2) is 6.91. The van der Waals surface area contributed by atoms with Crippen molar-refractivity contribution in [1.82, 2.24) is 4.90 Å². The molecule has 0 bridgehead atoms. The summed E-state index contributed by atoms with van der Waals surface area (Å²) in [6.07, 6.45) is 0.156. The maximum atomic E-state index is 12.2. The Morgan fingerprint density at radius 1 is 1.35 bits per heavy atom. The maximum absolute atomic E-state index is 12.2. The number of amides is 1. The normalized spacial score (nSPS) is 21.8. The van der Waals surface area contributed by atoms with Crippen molar-refractivity contribution in [2.75, 3.05) is 13.1 Å². The van der Waals surface area contributed by atoms with Crippen molar-refractivity contribution in [2.45, 2.75) is 38.7 Å². The molecular weight excluding hydrogens is 362 g/mol. The monoisotopic (exact) mass is 383 g/mol. The maximum Gasteiger partial charge on any atom is 0.410 e. The fraction of sp³-hybridized carbons (Fsp3) is 0.529. The molecule has 1 saturated heterocycles. The summed E-state index contributed by atoms with van der Waals surface area (Å²) in [5.74, 6) is -1.63. The van der Waals surface area contributed by atoms with E-state index in [0.29, 0.717) is 13.0 Å². The van der Waals surface area contributed by atoms with Crippen LogP contribution in [-0.2, 0) is 9.53 Å². The van der Waals surface area contributed by atoms with Crippen LogP contribution in [0.1, 0.15) is 38.7 Å². The van der Waals surface area contributed by atoms with Crippen LogP contribution in [0, 0.1) is 5.92 Å². The van der Waals surface area contributed by atoms with Crippen LogP contribution in [-0.4, -0.2) is 40.8 Å². The molecule has 1 aliphatic heterocycles. The molecule has 0 unspecified atom stereocenters. The van der Waals surface area contributed by atoms with Crippen molar-refractivity contribution < 1.29 is 19.4 Å². The number of hydrogen-bond acceptors (Lipinski definition) is 3. The van der Waals surface area contributed by atoms with Crippen molar-refractivity contribution in [2.24, 2.45) is 5.92 Å². The highest BCUT2D eigenvalue weighted by Crippen LogP contribution is 2.34. The summed E-state index contributed by atoms with van der Waals surface area (Å²) in [4.78, 5) is 25.4. The minimum atomic E-state index is -0.886. The molecule has 1 N–H and O–H groups in total. The number of nitrogens with zero attached hydrogens (tertiary/aromatic N) is 1. The highest BCUT2D eigenvalue weighted by Gasteiger charge is 2.38. The summed E-state index contributed by atoms with van der Waals surface area (Å²) in [6.45, 7) is 6.06. The number of benzene rings is 1. The highest BCUT2D eigenvalue weighted by molar-refractivity contribution is 9.10. The highest BCUT2D eigenvalue weighted by atomic mass is 79.9. The van der Waals surface area contributed by atoms with E-state index >= 15 is 0 Å². The van der Waals surface area contributed by atoms with Crippen LogP contribution in [0.15, 0.2) is 28.7 Å². The van der Waals surface area contributed by atoms with E-state index in [0.717, 1.165) is 10.0 Å². The molecule has 2 rings (SSSR count). The van der Waals surface area contributed by atoms with Crippen LogP contribution in [0.2, 0.25) is 0 Å². The van der Waals surface area contributed by atoms with E-state index in [1.807, 2.05) is 24.3 Å². The van der Waals surface area contributed by atoms with Crippen LogP contribution in [0.4, 0.5) is 4.79 Å². The molecule has 0 spiro atoms. The largest absolute Gasteiger partial charge is 0.481 e. The lowest BCUT2D eigenvalue weighted by molar-refractivity contribution is -0.144. The van der Waals surface area contributed by atoms with Gasteiger partial charge in [0.2, 0.25) is 0 Å². The van der Waals surface area contributed by atoms with Crippen LogP contribution < -0.4 is 0 Å². The van der Waals surface area contributed by atoms with Crippen LogP contribution >= 0.6 is 15.9 Å². The van der Waals surface area contributed by atoms with Gasteiger partial charge in [0.1, 0.15) is 5.60 Å². The Labute approximate surface area is 144 Å². The van der Waals surface area contributed by atoms with Crippen molar-refractivity contribution in [3.63, 3.8) is 0 Å². The number of carbonyl (C=O) groups excluding carboxylic acids is 1. The minimum absolute atomic E-state index is 0.108. The standard InChI is InChI=1S/C17H22BrNO4/c1-17(2,3)23-16(22)19-8-7-13(14(10-19)15(20)21)11-5-4-6-12(18)9-11/h4-6,9,13-14H,7-8,10H2,1-3H3,(H,20,21)/t13-,14+/m1/s1. The van der Waals surface area contributed by atoms with E-state index in [4.69, 9.17) is 4.74 Å². The van der Waals surface area contributed by atoms with E-state index in [1.165, 1.54) is 4.90 Å². The molecule has 1 aliphatic rings. The van der Waals surface area contributed by atoms with Gasteiger partial charge in [-0.3, -0.25) is 4.79 Å². The molecule has 5 nitrogen and oxygen atoms in total. The average Bonchev–Trinajstić information content (AvgIpc) is 2.44. The van der Waals surface area contributed by atoms with E-state index in [9.17, 15) is 14.7 Å². The third-order valence-corrected chi connectivity index (χ3v) is 4.35. The summed E-state index contributed by atoms with van der Waals surface area (Å²) in [6, 6.07) is 7.70. The summed E-state index contributed by atoms with van der Waals surface area (Å²) in [5.41, 5.74) is 0.396. The quantitative estimate of drug-likeness (QED) is 0.841. The molecule has 1 aromatic carbocycles. The van der Waals surface area contributed by atoms with Gasteiger partial charge >= 0.3 is 12.1 Å². The Hall–Kier alpha value is -1.56. The number of rotatable bonds is 2. The summed E-state index contributed by atoms with van der Waals surface area (Å²) in [5, 5.41) is 9.58. The van der Waals surface area contributed by atoms with Gasteiger partial charge < -0.3 is 14.7 Å². The molecule has 0 radical (unpaired) electrons. The van der Waals surface area contributed by atoms with E-state index in [-0.39, 0.29) is 12.5 Å². The molecular formula is C17H22BrNO4. The minimum Gasteiger partial charge on any atom is -0.481 e. The Balaban J connectivity index is 2.15. The van der Waals surface area contributed by atoms with Crippen molar-refractivity contribution in [1.29, 1.82) is 0 Å². The molecule has 6 heteroatoms. The number of likely N-dealkylation sites (tertiary alicyclic amines) is 1. The lowest BCUT2D eigenvalue weighted by Gasteiger charge is -2.37. The number of aliphatic carboxylic acids is 1. The zero-order chi connectivity index (χ0) is 17.2. The predicted octanol–water partition coefficient (Wildman–Crippen LogP) is 3.87. The van der Waals surface area contributed by atoms with E-state index in [1.54, 1.807) is 20.8 Å². The first-order valence-electron chi connectivity index (χ1n) is 7.63. The molecule has 126 valence electrons. The fourth-order valence-corrected chi connectivity index (χ4v) is 3.25. The summed E-state index contributed by atoms with van der Waals surface area (Å²) >= 11 is 3.42. The number of halogens is 1. The SMILES string of the molecule is CC(C)(C)OC(=O)N1CC[C@H](c2cccc(Br)c2)[C@@H](C(=O)O)C1. The molecule has 1 fully saturated rings. The van der Waals surface area contributed by atoms with Gasteiger partial charge in [0, 0.05) is 23.5 Å². The van der Waals surface area contributed by atoms with Crippen LogP contribution in [0.3, 0.4) is 0 Å². The van der Waals surface area contributed by atoms with Crippen molar-refractivity contribution >= 4 is 28.0 Å². The molecule has 2 atom stereocenters. The lowest BCUT2D eigenvalue weighted by atomic mass is 9.80. The molecule has 0 saturated carbocycles. The first kappa shape index (κ1) is 17.8. The van der Waals surface area contributed by atoms with Crippen LogP contribution in [0.25, 0.3) is 0 Å². The number of hydrogen-bond donors (Lipinski definition) is 1. The molecule has 0 aromatic heterocycles. The van der Waals surface area contributed by atoms with Crippen molar-refractivity contribution in [3.8, 4) is 0 Å². The first-order chi connectivity index (χ1) is 10.7. The number of carboxylic acid groups (broad SMARTS) is 1. The zero-order valence-electron chi connectivity index (χ0n) is 13.6. The van der Waals surface area contributed by atoms with Gasteiger partial charge in [0.15, 0.2) is 0 Å². The van der Waals surface area contributed by atoms with Gasteiger partial charge in [-0.1, -0.05) is 28.1 Å². The van der Waals surface area contributed by atoms with Gasteiger partial charge in [0.05, 0.1) is 5.92 Å². The molecule has 1 heterocycles. The predicted molar refractivity (Wildman–Crippen MR) is 90.4 cm³/mol. The van der Waals surface area contributed by atoms with E-state index < -0.39 is 23.6 Å². The molecule has 23 heavy (non-hydrogen) atoms. The Morgan fingerprint density at radius 2 is 2.04 bits per heavy atom. The first-order valence-corrected chi connectivity index (χ1v) is 8.43. The molecule has 0 aliphatic carbocycles. The summed E-state index contributed by atoms with van der Waals surface area (Å²) < 4.78 is 6.28. The summed E-state index contributed by atoms with van der Waals surface area (Å²) in [7, 11) is 0. The fourth-order valence-electron chi connectivity index (χ4n) is 2.83. The van der Waals surface area contributed by atoms with Gasteiger partial charge in [-0.25, -0.2) is 4.79 Å². The average molecular weight is 384 g/mol. The van der Waals surface area contributed by atoms with E-state index in [2.05, 4.69) is 15.9 Å². The van der Waals surface area contributed by atoms with Gasteiger partial charge in [-0.05, 0) is 44.9 Å². The third kappa shape index (κ3) is 4.70.